The average Bonchev–Trinajstić information content (AvgIpc) is 2.37. The van der Waals surface area contributed by atoms with Crippen LogP contribution in [0.15, 0.2) is 36.9 Å². The summed E-state index contributed by atoms with van der Waals surface area (Å²) in [6.07, 6.45) is 3.27. The maximum atomic E-state index is 4.02. The van der Waals surface area contributed by atoms with Gasteiger partial charge in [0.05, 0.1) is 0 Å². The third kappa shape index (κ3) is 1.56. The van der Waals surface area contributed by atoms with Crippen LogP contribution in [0.4, 0.5) is 0 Å². The second-order valence-electron chi connectivity index (χ2n) is 5.93. The van der Waals surface area contributed by atoms with Gasteiger partial charge in [-0.05, 0) is 0 Å². The fourth-order valence-corrected chi connectivity index (χ4v) is 4.63. The van der Waals surface area contributed by atoms with E-state index in [-0.39, 0.29) is 5.41 Å². The van der Waals surface area contributed by atoms with Gasteiger partial charge in [0.25, 0.3) is 0 Å². The molecule has 0 N–H and O–H groups in total. The Hall–Kier alpha value is -0.851. The van der Waals surface area contributed by atoms with Crippen LogP contribution in [0.2, 0.25) is 0 Å². The molecule has 0 amide bonds. The monoisotopic (exact) mass is 305 g/mol. The first kappa shape index (κ1) is 12.2. The van der Waals surface area contributed by atoms with Crippen molar-refractivity contribution in [2.45, 2.75) is 26.3 Å². The normalized spacial score (nSPS) is 26.1. The van der Waals surface area contributed by atoms with Crippen molar-refractivity contribution in [3.63, 3.8) is 0 Å². The molecule has 2 unspecified atom stereocenters. The summed E-state index contributed by atoms with van der Waals surface area (Å²) in [6, 6.07) is 9.44. The van der Waals surface area contributed by atoms with Gasteiger partial charge >= 0.3 is 117 Å². The molecule has 0 aromatic heterocycles. The van der Waals surface area contributed by atoms with E-state index in [4.69, 9.17) is 0 Å². The zero-order chi connectivity index (χ0) is 12.9. The first-order chi connectivity index (χ1) is 8.56. The van der Waals surface area contributed by atoms with Crippen molar-refractivity contribution in [3.05, 3.63) is 48.0 Å². The molecular formula is C16H19NSe. The molecule has 94 valence electrons. The molecule has 1 aromatic rings. The van der Waals surface area contributed by atoms with Crippen LogP contribution < -0.4 is 0 Å². The minimum absolute atomic E-state index is 0.145. The molecule has 1 nitrogen and oxygen atoms in total. The predicted molar refractivity (Wildman–Crippen MR) is 77.8 cm³/mol. The molecule has 2 heterocycles. The molecule has 0 radical (unpaired) electrons. The standard InChI is InChI=1S/C16H19NSe/c1-4-16(2,3)13-14-12-8-6-5-7-11(12)9-10-17(14)15(13)18/h4-8,13-14H,1,9-10H2,2-3H3. The van der Waals surface area contributed by atoms with Crippen molar-refractivity contribution in [1.82, 2.24) is 4.90 Å². The van der Waals surface area contributed by atoms with Crippen molar-refractivity contribution >= 4 is 20.1 Å². The Kier molecular flexibility index (Phi) is 2.76. The van der Waals surface area contributed by atoms with Crippen LogP contribution in [0, 0.1) is 11.3 Å². The van der Waals surface area contributed by atoms with E-state index < -0.39 is 0 Å². The van der Waals surface area contributed by atoms with Crippen molar-refractivity contribution in [2.75, 3.05) is 6.54 Å². The minimum atomic E-state index is 0.145. The SMILES string of the molecule is C=CC(C)(C)C1C(=[Se])N2CCc3ccccc3C12. The van der Waals surface area contributed by atoms with E-state index >= 15 is 0 Å². The van der Waals surface area contributed by atoms with Gasteiger partial charge in [-0.2, -0.15) is 0 Å². The van der Waals surface area contributed by atoms with Crippen molar-refractivity contribution in [3.8, 4) is 0 Å². The van der Waals surface area contributed by atoms with Gasteiger partial charge in [0.15, 0.2) is 0 Å². The maximum absolute atomic E-state index is 4.02. The van der Waals surface area contributed by atoms with Gasteiger partial charge in [-0.1, -0.05) is 0 Å². The van der Waals surface area contributed by atoms with Crippen LogP contribution >= 0.6 is 0 Å². The summed E-state index contributed by atoms with van der Waals surface area (Å²) in [4.78, 5) is 2.53. The molecule has 0 saturated carbocycles. The predicted octanol–water partition coefficient (Wildman–Crippen LogP) is 2.73. The molecule has 0 aliphatic carbocycles. The first-order valence-electron chi connectivity index (χ1n) is 6.58. The molecule has 1 aromatic carbocycles. The van der Waals surface area contributed by atoms with Crippen LogP contribution in [-0.4, -0.2) is 31.6 Å². The van der Waals surface area contributed by atoms with E-state index in [2.05, 4.69) is 71.2 Å². The number of benzene rings is 1. The number of allylic oxidation sites excluding steroid dienone is 1. The fraction of sp³-hybridized carbons (Fsp3) is 0.438. The van der Waals surface area contributed by atoms with Crippen LogP contribution in [0.1, 0.15) is 31.0 Å². The van der Waals surface area contributed by atoms with E-state index in [9.17, 15) is 0 Å². The molecule has 0 spiro atoms. The Morgan fingerprint density at radius 1 is 1.39 bits per heavy atom. The summed E-state index contributed by atoms with van der Waals surface area (Å²) in [5, 5.41) is 0. The van der Waals surface area contributed by atoms with Gasteiger partial charge in [0.2, 0.25) is 0 Å². The average molecular weight is 304 g/mol. The molecule has 2 aliphatic rings. The summed E-state index contributed by atoms with van der Waals surface area (Å²) in [5.41, 5.74) is 3.19. The molecule has 1 saturated heterocycles. The zero-order valence-corrected chi connectivity index (χ0v) is 12.7. The third-order valence-corrected chi connectivity index (χ3v) is 5.55. The van der Waals surface area contributed by atoms with E-state index in [0.717, 1.165) is 6.54 Å². The molecule has 2 aliphatic heterocycles. The van der Waals surface area contributed by atoms with Crippen LogP contribution in [0.5, 0.6) is 0 Å². The number of fused-ring (bicyclic) bond motifs is 3. The Morgan fingerprint density at radius 3 is 2.83 bits per heavy atom. The van der Waals surface area contributed by atoms with E-state index in [1.807, 2.05) is 0 Å². The van der Waals surface area contributed by atoms with Gasteiger partial charge < -0.3 is 0 Å². The summed E-state index contributed by atoms with van der Waals surface area (Å²) >= 11 is 3.29. The number of hydrogen-bond acceptors (Lipinski definition) is 1. The number of hydrogen-bond donors (Lipinski definition) is 0. The number of rotatable bonds is 2. The molecule has 2 heteroatoms. The van der Waals surface area contributed by atoms with Gasteiger partial charge in [-0.25, -0.2) is 0 Å². The second-order valence-corrected chi connectivity index (χ2v) is 6.81. The van der Waals surface area contributed by atoms with E-state index in [1.54, 1.807) is 0 Å². The van der Waals surface area contributed by atoms with Gasteiger partial charge in [0.1, 0.15) is 0 Å². The van der Waals surface area contributed by atoms with Crippen molar-refractivity contribution < 1.29 is 0 Å². The summed E-state index contributed by atoms with van der Waals surface area (Å²) in [7, 11) is 0. The molecule has 1 fully saturated rings. The van der Waals surface area contributed by atoms with Crippen LogP contribution in [0.3, 0.4) is 0 Å². The van der Waals surface area contributed by atoms with Crippen LogP contribution in [0.25, 0.3) is 0 Å². The molecular weight excluding hydrogens is 285 g/mol. The molecule has 2 atom stereocenters. The Balaban J connectivity index is 2.03. The van der Waals surface area contributed by atoms with E-state index in [0.29, 0.717) is 12.0 Å². The molecule has 0 bridgehead atoms. The Bertz CT molecular complexity index is 518. The molecule has 3 rings (SSSR count). The second kappa shape index (κ2) is 4.08. The fourth-order valence-electron chi connectivity index (χ4n) is 3.29. The quantitative estimate of drug-likeness (QED) is 0.600. The van der Waals surface area contributed by atoms with Crippen molar-refractivity contribution in [2.24, 2.45) is 11.3 Å². The van der Waals surface area contributed by atoms with Crippen molar-refractivity contribution in [1.29, 1.82) is 0 Å². The van der Waals surface area contributed by atoms with Gasteiger partial charge in [0, 0.05) is 0 Å². The number of nitrogens with zero attached hydrogens (tertiary/aromatic N) is 1. The van der Waals surface area contributed by atoms with Gasteiger partial charge in [-0.15, -0.1) is 0 Å². The summed E-state index contributed by atoms with van der Waals surface area (Å²) in [5.74, 6) is 0.552. The first-order valence-corrected chi connectivity index (χ1v) is 7.44. The molecule has 18 heavy (non-hydrogen) atoms. The van der Waals surface area contributed by atoms with E-state index in [1.165, 1.54) is 22.1 Å². The van der Waals surface area contributed by atoms with Crippen LogP contribution in [-0.2, 0) is 6.42 Å². The summed E-state index contributed by atoms with van der Waals surface area (Å²) < 4.78 is 1.42. The topological polar surface area (TPSA) is 3.24 Å². The third-order valence-electron chi connectivity index (χ3n) is 4.52. The Morgan fingerprint density at radius 2 is 2.11 bits per heavy atom. The summed E-state index contributed by atoms with van der Waals surface area (Å²) in [6.45, 7) is 9.74. The Labute approximate surface area is 117 Å². The zero-order valence-electron chi connectivity index (χ0n) is 11.0. The van der Waals surface area contributed by atoms with Gasteiger partial charge in [-0.3, -0.25) is 0 Å².